The van der Waals surface area contributed by atoms with Crippen LogP contribution in [-0.4, -0.2) is 19.0 Å². The summed E-state index contributed by atoms with van der Waals surface area (Å²) in [5.41, 5.74) is 8.45. The van der Waals surface area contributed by atoms with Crippen LogP contribution in [-0.2, 0) is 6.42 Å². The Bertz CT molecular complexity index is 409. The molecule has 17 heavy (non-hydrogen) atoms. The first-order chi connectivity index (χ1) is 8.24. The molecule has 1 amide bonds. The Morgan fingerprint density at radius 2 is 2.00 bits per heavy atom. The topological polar surface area (TPSA) is 46.3 Å². The Morgan fingerprint density at radius 1 is 1.29 bits per heavy atom. The lowest BCUT2D eigenvalue weighted by Crippen LogP contribution is -2.32. The fourth-order valence-corrected chi connectivity index (χ4v) is 2.57. The molecule has 2 N–H and O–H groups in total. The van der Waals surface area contributed by atoms with Crippen LogP contribution in [0.4, 0.5) is 5.69 Å². The van der Waals surface area contributed by atoms with Crippen LogP contribution in [0.3, 0.4) is 0 Å². The van der Waals surface area contributed by atoms with Crippen molar-refractivity contribution in [3.8, 4) is 0 Å². The zero-order valence-electron chi connectivity index (χ0n) is 10.4. The number of nitrogens with zero attached hydrogens (tertiary/aromatic N) is 1. The highest BCUT2D eigenvalue weighted by atomic mass is 16.1. The average Bonchev–Trinajstić information content (AvgIpc) is 2.38. The van der Waals surface area contributed by atoms with Crippen molar-refractivity contribution in [3.05, 3.63) is 29.3 Å². The molecule has 2 rings (SSSR count). The zero-order valence-corrected chi connectivity index (χ0v) is 10.4. The fraction of sp³-hybridized carbons (Fsp3) is 0.500. The summed E-state index contributed by atoms with van der Waals surface area (Å²) in [6.07, 6.45) is 4.64. The summed E-state index contributed by atoms with van der Waals surface area (Å²) in [7, 11) is 0. The van der Waals surface area contributed by atoms with E-state index in [1.807, 2.05) is 12.1 Å². The summed E-state index contributed by atoms with van der Waals surface area (Å²) in [5.74, 6) is -0.319. The molecule has 0 bridgehead atoms. The van der Waals surface area contributed by atoms with Gasteiger partial charge in [0, 0.05) is 13.1 Å². The van der Waals surface area contributed by atoms with Crippen LogP contribution >= 0.6 is 0 Å². The highest BCUT2D eigenvalue weighted by molar-refractivity contribution is 5.99. The van der Waals surface area contributed by atoms with Crippen molar-refractivity contribution in [1.82, 2.24) is 0 Å². The van der Waals surface area contributed by atoms with Gasteiger partial charge in [-0.25, -0.2) is 0 Å². The van der Waals surface area contributed by atoms with Gasteiger partial charge in [-0.15, -0.1) is 0 Å². The molecule has 0 aromatic heterocycles. The number of hydrogen-bond acceptors (Lipinski definition) is 2. The molecule has 3 nitrogen and oxygen atoms in total. The number of nitrogens with two attached hydrogens (primary N) is 1. The van der Waals surface area contributed by atoms with Crippen LogP contribution in [0.15, 0.2) is 18.2 Å². The molecule has 0 spiro atoms. The quantitative estimate of drug-likeness (QED) is 0.869. The minimum absolute atomic E-state index is 0.319. The van der Waals surface area contributed by atoms with Gasteiger partial charge in [0.1, 0.15) is 0 Å². The third kappa shape index (κ3) is 2.43. The Kier molecular flexibility index (Phi) is 3.67. The van der Waals surface area contributed by atoms with Crippen LogP contribution in [0.5, 0.6) is 0 Å². The molecule has 3 heteroatoms. The smallest absolute Gasteiger partial charge is 0.250 e. The molecular weight excluding hydrogens is 212 g/mol. The highest BCUT2D eigenvalue weighted by Crippen LogP contribution is 2.28. The third-order valence-corrected chi connectivity index (χ3v) is 3.44. The summed E-state index contributed by atoms with van der Waals surface area (Å²) in [5, 5.41) is 0. The number of benzene rings is 1. The molecule has 1 aliphatic heterocycles. The summed E-state index contributed by atoms with van der Waals surface area (Å²) in [4.78, 5) is 13.8. The standard InChI is InChI=1S/C14H20N2O/c1-2-11-7-6-8-12(14(15)17)13(11)16-9-4-3-5-10-16/h6-8H,2-5,9-10H2,1H3,(H2,15,17). The molecule has 1 fully saturated rings. The van der Waals surface area contributed by atoms with Crippen molar-refractivity contribution in [2.75, 3.05) is 18.0 Å². The van der Waals surface area contributed by atoms with Gasteiger partial charge in [-0.3, -0.25) is 4.79 Å². The minimum Gasteiger partial charge on any atom is -0.371 e. The number of piperidine rings is 1. The molecule has 0 unspecified atom stereocenters. The maximum absolute atomic E-state index is 11.5. The molecule has 0 aliphatic carbocycles. The van der Waals surface area contributed by atoms with E-state index in [4.69, 9.17) is 5.73 Å². The van der Waals surface area contributed by atoms with Gasteiger partial charge in [-0.05, 0) is 37.3 Å². The number of rotatable bonds is 3. The van der Waals surface area contributed by atoms with E-state index in [2.05, 4.69) is 17.9 Å². The molecule has 1 saturated heterocycles. The molecular formula is C14H20N2O. The Balaban J connectivity index is 2.43. The normalized spacial score (nSPS) is 15.9. The van der Waals surface area contributed by atoms with Crippen molar-refractivity contribution in [2.24, 2.45) is 5.73 Å². The van der Waals surface area contributed by atoms with Crippen LogP contribution in [0.1, 0.15) is 42.1 Å². The predicted octanol–water partition coefficient (Wildman–Crippen LogP) is 2.34. The second-order valence-corrected chi connectivity index (χ2v) is 4.58. The van der Waals surface area contributed by atoms with Gasteiger partial charge in [0.05, 0.1) is 11.3 Å². The molecule has 1 aromatic rings. The van der Waals surface area contributed by atoms with Crippen molar-refractivity contribution in [1.29, 1.82) is 0 Å². The number of hydrogen-bond donors (Lipinski definition) is 1. The van der Waals surface area contributed by atoms with Crippen molar-refractivity contribution in [3.63, 3.8) is 0 Å². The van der Waals surface area contributed by atoms with Gasteiger partial charge in [-0.2, -0.15) is 0 Å². The number of carbonyl (C=O) groups is 1. The number of anilines is 1. The molecule has 1 aliphatic rings. The Morgan fingerprint density at radius 3 is 2.59 bits per heavy atom. The fourth-order valence-electron chi connectivity index (χ4n) is 2.57. The van der Waals surface area contributed by atoms with Gasteiger partial charge in [0.25, 0.3) is 5.91 Å². The maximum atomic E-state index is 11.5. The van der Waals surface area contributed by atoms with Gasteiger partial charge >= 0.3 is 0 Å². The minimum atomic E-state index is -0.319. The van der Waals surface area contributed by atoms with E-state index in [1.54, 1.807) is 0 Å². The summed E-state index contributed by atoms with van der Waals surface area (Å²) in [6.45, 7) is 4.20. The highest BCUT2D eigenvalue weighted by Gasteiger charge is 2.19. The lowest BCUT2D eigenvalue weighted by atomic mass is 10.0. The predicted molar refractivity (Wildman–Crippen MR) is 70.4 cm³/mol. The van der Waals surface area contributed by atoms with Crippen molar-refractivity contribution < 1.29 is 4.79 Å². The van der Waals surface area contributed by atoms with E-state index in [1.165, 1.54) is 24.8 Å². The van der Waals surface area contributed by atoms with Crippen LogP contribution < -0.4 is 10.6 Å². The van der Waals surface area contributed by atoms with Crippen LogP contribution in [0.2, 0.25) is 0 Å². The van der Waals surface area contributed by atoms with Crippen molar-refractivity contribution >= 4 is 11.6 Å². The number of primary amides is 1. The molecule has 0 saturated carbocycles. The number of para-hydroxylation sites is 1. The second-order valence-electron chi connectivity index (χ2n) is 4.58. The van der Waals surface area contributed by atoms with Gasteiger partial charge in [-0.1, -0.05) is 19.1 Å². The molecule has 1 heterocycles. The maximum Gasteiger partial charge on any atom is 0.250 e. The molecule has 0 atom stereocenters. The zero-order chi connectivity index (χ0) is 12.3. The van der Waals surface area contributed by atoms with E-state index in [0.29, 0.717) is 5.56 Å². The number of aryl methyl sites for hydroxylation is 1. The van der Waals surface area contributed by atoms with Gasteiger partial charge in [0.2, 0.25) is 0 Å². The number of carbonyl (C=O) groups excluding carboxylic acids is 1. The van der Waals surface area contributed by atoms with E-state index in [-0.39, 0.29) is 5.91 Å². The number of amides is 1. The third-order valence-electron chi connectivity index (χ3n) is 3.44. The molecule has 92 valence electrons. The Hall–Kier alpha value is -1.51. The van der Waals surface area contributed by atoms with E-state index in [0.717, 1.165) is 25.2 Å². The average molecular weight is 232 g/mol. The van der Waals surface area contributed by atoms with Crippen LogP contribution in [0, 0.1) is 0 Å². The van der Waals surface area contributed by atoms with Crippen molar-refractivity contribution in [2.45, 2.75) is 32.6 Å². The second kappa shape index (κ2) is 5.21. The van der Waals surface area contributed by atoms with Crippen LogP contribution in [0.25, 0.3) is 0 Å². The lowest BCUT2D eigenvalue weighted by Gasteiger charge is -2.31. The monoisotopic (exact) mass is 232 g/mol. The molecule has 0 radical (unpaired) electrons. The lowest BCUT2D eigenvalue weighted by molar-refractivity contribution is 0.100. The summed E-state index contributed by atoms with van der Waals surface area (Å²) in [6, 6.07) is 5.86. The van der Waals surface area contributed by atoms with E-state index >= 15 is 0 Å². The first-order valence-corrected chi connectivity index (χ1v) is 6.40. The van der Waals surface area contributed by atoms with Gasteiger partial charge in [0.15, 0.2) is 0 Å². The summed E-state index contributed by atoms with van der Waals surface area (Å²) < 4.78 is 0. The largest absolute Gasteiger partial charge is 0.371 e. The first-order valence-electron chi connectivity index (χ1n) is 6.40. The SMILES string of the molecule is CCc1cccc(C(N)=O)c1N1CCCCC1. The Labute approximate surface area is 103 Å². The van der Waals surface area contributed by atoms with Gasteiger partial charge < -0.3 is 10.6 Å². The first kappa shape index (κ1) is 12.0. The van der Waals surface area contributed by atoms with E-state index < -0.39 is 0 Å². The van der Waals surface area contributed by atoms with E-state index in [9.17, 15) is 4.79 Å². The molecule has 1 aromatic carbocycles. The summed E-state index contributed by atoms with van der Waals surface area (Å²) >= 11 is 0.